The maximum absolute atomic E-state index is 5.19. The number of nitrogens with one attached hydrogen (secondary N) is 2. The van der Waals surface area contributed by atoms with Crippen LogP contribution >= 0.6 is 24.0 Å². The second-order valence-electron chi connectivity index (χ2n) is 6.08. The van der Waals surface area contributed by atoms with Crippen molar-refractivity contribution in [2.75, 3.05) is 20.1 Å². The van der Waals surface area contributed by atoms with E-state index in [1.807, 2.05) is 20.9 Å². The highest BCUT2D eigenvalue weighted by atomic mass is 127. The minimum atomic E-state index is 0. The van der Waals surface area contributed by atoms with Gasteiger partial charge in [-0.2, -0.15) is 0 Å². The Balaban J connectivity index is 0.00000176. The molecule has 1 saturated carbocycles. The van der Waals surface area contributed by atoms with Gasteiger partial charge in [0.05, 0.1) is 5.69 Å². The summed E-state index contributed by atoms with van der Waals surface area (Å²) in [5.41, 5.74) is 2.06. The van der Waals surface area contributed by atoms with E-state index in [1.54, 1.807) is 0 Å². The van der Waals surface area contributed by atoms with Crippen molar-refractivity contribution in [1.29, 1.82) is 0 Å². The van der Waals surface area contributed by atoms with Crippen LogP contribution < -0.4 is 10.6 Å². The summed E-state index contributed by atoms with van der Waals surface area (Å²) in [6, 6.07) is 1.36. The number of likely N-dealkylation sites (tertiary alicyclic amines) is 1. The third-order valence-corrected chi connectivity index (χ3v) is 4.46. The second kappa shape index (κ2) is 7.63. The highest BCUT2D eigenvalue weighted by Crippen LogP contribution is 2.29. The summed E-state index contributed by atoms with van der Waals surface area (Å²) in [5.74, 6) is 1.73. The summed E-state index contributed by atoms with van der Waals surface area (Å²) in [4.78, 5) is 6.92. The Morgan fingerprint density at radius 3 is 2.73 bits per heavy atom. The zero-order valence-corrected chi connectivity index (χ0v) is 15.9. The number of aliphatic imine (C=N–C) groups is 1. The normalized spacial score (nSPS) is 22.5. The molecule has 124 valence electrons. The van der Waals surface area contributed by atoms with Crippen LogP contribution in [0.5, 0.6) is 0 Å². The molecule has 0 aromatic carbocycles. The number of halogens is 1. The summed E-state index contributed by atoms with van der Waals surface area (Å²) >= 11 is 0. The number of rotatable bonds is 4. The number of hydrogen-bond acceptors (Lipinski definition) is 4. The number of nitrogens with zero attached hydrogens (tertiary/aromatic N) is 3. The molecular formula is C15H26IN5O. The average molecular weight is 419 g/mol. The van der Waals surface area contributed by atoms with Crippen LogP contribution in [0.15, 0.2) is 9.52 Å². The molecule has 1 unspecified atom stereocenters. The number of aryl methyl sites for hydroxylation is 2. The fourth-order valence-corrected chi connectivity index (χ4v) is 2.99. The van der Waals surface area contributed by atoms with Gasteiger partial charge in [-0.3, -0.25) is 9.89 Å². The van der Waals surface area contributed by atoms with E-state index in [1.165, 1.54) is 25.8 Å². The van der Waals surface area contributed by atoms with Crippen molar-refractivity contribution >= 4 is 29.9 Å². The fourth-order valence-electron chi connectivity index (χ4n) is 2.99. The lowest BCUT2D eigenvalue weighted by Gasteiger charge is -2.18. The molecule has 0 bridgehead atoms. The summed E-state index contributed by atoms with van der Waals surface area (Å²) in [6.07, 6.45) is 3.96. The van der Waals surface area contributed by atoms with E-state index in [0.717, 1.165) is 35.6 Å². The van der Waals surface area contributed by atoms with Gasteiger partial charge in [0.15, 0.2) is 5.96 Å². The van der Waals surface area contributed by atoms with Crippen LogP contribution in [-0.4, -0.2) is 48.2 Å². The summed E-state index contributed by atoms with van der Waals surface area (Å²) in [5, 5.41) is 10.9. The maximum atomic E-state index is 5.19. The Morgan fingerprint density at radius 1 is 1.36 bits per heavy atom. The first-order chi connectivity index (χ1) is 10.2. The van der Waals surface area contributed by atoms with E-state index in [0.29, 0.717) is 12.6 Å². The lowest BCUT2D eigenvalue weighted by molar-refractivity contribution is 0.321. The molecule has 1 aromatic heterocycles. The summed E-state index contributed by atoms with van der Waals surface area (Å²) in [7, 11) is 1.82. The minimum absolute atomic E-state index is 0. The Hall–Kier alpha value is -0.830. The van der Waals surface area contributed by atoms with Crippen LogP contribution in [0.2, 0.25) is 0 Å². The maximum Gasteiger partial charge on any atom is 0.191 e. The number of guanidine groups is 1. The second-order valence-corrected chi connectivity index (χ2v) is 6.08. The quantitative estimate of drug-likeness (QED) is 0.443. The van der Waals surface area contributed by atoms with E-state index < -0.39 is 0 Å². The van der Waals surface area contributed by atoms with Gasteiger partial charge in [-0.15, -0.1) is 24.0 Å². The Morgan fingerprint density at radius 2 is 2.14 bits per heavy atom. The van der Waals surface area contributed by atoms with Gasteiger partial charge in [-0.25, -0.2) is 0 Å². The number of hydrogen-bond donors (Lipinski definition) is 2. The Bertz CT molecular complexity index is 507. The Kier molecular flexibility index (Phi) is 6.08. The van der Waals surface area contributed by atoms with Crippen molar-refractivity contribution in [2.24, 2.45) is 4.99 Å². The van der Waals surface area contributed by atoms with Crippen molar-refractivity contribution in [1.82, 2.24) is 20.7 Å². The van der Waals surface area contributed by atoms with Crippen LogP contribution in [0, 0.1) is 13.8 Å². The van der Waals surface area contributed by atoms with Crippen LogP contribution in [0.1, 0.15) is 36.3 Å². The highest BCUT2D eigenvalue weighted by molar-refractivity contribution is 14.0. The van der Waals surface area contributed by atoms with Crippen molar-refractivity contribution in [3.05, 3.63) is 17.0 Å². The van der Waals surface area contributed by atoms with Gasteiger partial charge in [0.1, 0.15) is 5.76 Å². The number of aromatic nitrogens is 1. The van der Waals surface area contributed by atoms with Gasteiger partial charge < -0.3 is 15.2 Å². The molecule has 1 atom stereocenters. The molecule has 1 aliphatic carbocycles. The molecule has 6 nitrogen and oxygen atoms in total. The van der Waals surface area contributed by atoms with Gasteiger partial charge in [-0.1, -0.05) is 5.16 Å². The lowest BCUT2D eigenvalue weighted by atomic mass is 10.2. The van der Waals surface area contributed by atoms with Crippen LogP contribution in [-0.2, 0) is 6.54 Å². The van der Waals surface area contributed by atoms with E-state index in [-0.39, 0.29) is 24.0 Å². The molecule has 0 amide bonds. The van der Waals surface area contributed by atoms with Gasteiger partial charge >= 0.3 is 0 Å². The minimum Gasteiger partial charge on any atom is -0.361 e. The van der Waals surface area contributed by atoms with Crippen LogP contribution in [0.3, 0.4) is 0 Å². The molecule has 7 heteroatoms. The van der Waals surface area contributed by atoms with E-state index in [9.17, 15) is 0 Å². The molecule has 1 saturated heterocycles. The molecule has 2 N–H and O–H groups in total. The SMILES string of the molecule is CN=C(NCc1c(C)noc1C)NC1CCN(C2CC2)C1.I. The smallest absolute Gasteiger partial charge is 0.191 e. The molecule has 2 fully saturated rings. The van der Waals surface area contributed by atoms with Gasteiger partial charge in [0.25, 0.3) is 0 Å². The van der Waals surface area contributed by atoms with E-state index >= 15 is 0 Å². The Labute approximate surface area is 149 Å². The highest BCUT2D eigenvalue weighted by Gasteiger charge is 2.34. The van der Waals surface area contributed by atoms with Crippen LogP contribution in [0.4, 0.5) is 0 Å². The van der Waals surface area contributed by atoms with Gasteiger partial charge in [0.2, 0.25) is 0 Å². The molecule has 1 aliphatic heterocycles. The largest absolute Gasteiger partial charge is 0.361 e. The molecule has 1 aromatic rings. The zero-order valence-electron chi connectivity index (χ0n) is 13.6. The molecule has 22 heavy (non-hydrogen) atoms. The van der Waals surface area contributed by atoms with Crippen molar-refractivity contribution in [3.63, 3.8) is 0 Å². The zero-order chi connectivity index (χ0) is 14.8. The van der Waals surface area contributed by atoms with Gasteiger partial charge in [-0.05, 0) is 33.1 Å². The van der Waals surface area contributed by atoms with E-state index in [4.69, 9.17) is 4.52 Å². The summed E-state index contributed by atoms with van der Waals surface area (Å²) < 4.78 is 5.19. The standard InChI is InChI=1S/C15H25N5O.HI/c1-10-14(11(2)21-19-10)8-17-15(16-3)18-12-6-7-20(9-12)13-4-5-13;/h12-13H,4-9H2,1-3H3,(H2,16,17,18);1H. The average Bonchev–Trinajstić information content (AvgIpc) is 3.15. The van der Waals surface area contributed by atoms with Crippen molar-refractivity contribution in [3.8, 4) is 0 Å². The van der Waals surface area contributed by atoms with Crippen molar-refractivity contribution in [2.45, 2.75) is 51.7 Å². The third kappa shape index (κ3) is 4.13. The third-order valence-electron chi connectivity index (χ3n) is 4.46. The predicted molar refractivity (Wildman–Crippen MR) is 97.7 cm³/mol. The summed E-state index contributed by atoms with van der Waals surface area (Å²) in [6.45, 7) is 6.95. The molecule has 2 aliphatic rings. The lowest BCUT2D eigenvalue weighted by Crippen LogP contribution is -2.44. The first-order valence-electron chi connectivity index (χ1n) is 7.80. The molecule has 0 spiro atoms. The molecule has 2 heterocycles. The first-order valence-corrected chi connectivity index (χ1v) is 7.80. The van der Waals surface area contributed by atoms with Gasteiger partial charge in [0, 0.05) is 44.3 Å². The predicted octanol–water partition coefficient (Wildman–Crippen LogP) is 1.81. The fraction of sp³-hybridized carbons (Fsp3) is 0.733. The molecule has 0 radical (unpaired) electrons. The monoisotopic (exact) mass is 419 g/mol. The van der Waals surface area contributed by atoms with Crippen LogP contribution in [0.25, 0.3) is 0 Å². The van der Waals surface area contributed by atoms with Crippen molar-refractivity contribution < 1.29 is 4.52 Å². The topological polar surface area (TPSA) is 65.7 Å². The first kappa shape index (κ1) is 17.5. The van der Waals surface area contributed by atoms with E-state index in [2.05, 4.69) is 25.7 Å². The molecular weight excluding hydrogens is 393 g/mol. The molecule has 3 rings (SSSR count).